The molecule has 0 aliphatic carbocycles. The maximum absolute atomic E-state index is 12.7. The number of hydrogen-bond donors (Lipinski definition) is 0. The van der Waals surface area contributed by atoms with Crippen LogP contribution in [0.15, 0.2) is 48.5 Å². The molecule has 0 aromatic heterocycles. The molecule has 130 valence electrons. The number of rotatable bonds is 5. The van der Waals surface area contributed by atoms with Gasteiger partial charge in [-0.15, -0.1) is 0 Å². The van der Waals surface area contributed by atoms with E-state index in [1.54, 1.807) is 24.3 Å². The van der Waals surface area contributed by atoms with Gasteiger partial charge in [-0.1, -0.05) is 35.9 Å². The number of amides is 1. The fraction of sp³-hybridized carbons (Fsp3) is 0.333. The Hall–Kier alpha value is -2.13. The molecule has 3 nitrogen and oxygen atoms in total. The van der Waals surface area contributed by atoms with Gasteiger partial charge in [-0.2, -0.15) is 0 Å². The van der Waals surface area contributed by atoms with Crippen LogP contribution < -0.4 is 0 Å². The zero-order chi connectivity index (χ0) is 17.8. The third-order valence-electron chi connectivity index (χ3n) is 4.85. The zero-order valence-electron chi connectivity index (χ0n) is 14.4. The first-order chi connectivity index (χ1) is 12.1. The van der Waals surface area contributed by atoms with Crippen molar-refractivity contribution < 1.29 is 9.59 Å². The molecular weight excluding hydrogens is 334 g/mol. The van der Waals surface area contributed by atoms with Crippen LogP contribution in [0.5, 0.6) is 0 Å². The summed E-state index contributed by atoms with van der Waals surface area (Å²) in [5.41, 5.74) is 3.04. The number of hydrogen-bond acceptors (Lipinski definition) is 2. The molecule has 0 bridgehead atoms. The van der Waals surface area contributed by atoms with Crippen LogP contribution in [-0.2, 0) is 4.79 Å². The lowest BCUT2D eigenvalue weighted by atomic mass is 9.99. The first-order valence-electron chi connectivity index (χ1n) is 8.70. The highest BCUT2D eigenvalue weighted by atomic mass is 35.5. The Kier molecular flexibility index (Phi) is 5.54. The average molecular weight is 356 g/mol. The maximum Gasteiger partial charge on any atom is 0.223 e. The predicted octanol–water partition coefficient (Wildman–Crippen LogP) is 4.98. The molecule has 0 radical (unpaired) electrons. The number of likely N-dealkylation sites (tertiary alicyclic amines) is 1. The van der Waals surface area contributed by atoms with Gasteiger partial charge in [-0.3, -0.25) is 9.59 Å². The van der Waals surface area contributed by atoms with Crippen molar-refractivity contribution in [3.8, 4) is 0 Å². The van der Waals surface area contributed by atoms with Crippen LogP contribution in [0.1, 0.15) is 53.2 Å². The largest absolute Gasteiger partial charge is 0.336 e. The molecule has 1 amide bonds. The van der Waals surface area contributed by atoms with Crippen molar-refractivity contribution in [3.63, 3.8) is 0 Å². The molecular formula is C21H22ClNO2. The van der Waals surface area contributed by atoms with E-state index in [1.165, 1.54) is 11.1 Å². The van der Waals surface area contributed by atoms with E-state index in [9.17, 15) is 9.59 Å². The van der Waals surface area contributed by atoms with Crippen LogP contribution in [0.25, 0.3) is 0 Å². The topological polar surface area (TPSA) is 37.4 Å². The lowest BCUT2D eigenvalue weighted by Crippen LogP contribution is -2.31. The van der Waals surface area contributed by atoms with E-state index in [4.69, 9.17) is 11.6 Å². The second kappa shape index (κ2) is 7.83. The van der Waals surface area contributed by atoms with Crippen LogP contribution in [-0.4, -0.2) is 23.1 Å². The van der Waals surface area contributed by atoms with Crippen molar-refractivity contribution >= 4 is 23.3 Å². The van der Waals surface area contributed by atoms with Crippen molar-refractivity contribution in [1.82, 2.24) is 4.90 Å². The fourth-order valence-electron chi connectivity index (χ4n) is 3.49. The SMILES string of the molecule is Cc1ccccc1C1CCCN1C(=O)CCC(=O)c1ccc(Cl)cc1. The van der Waals surface area contributed by atoms with E-state index in [0.29, 0.717) is 10.6 Å². The number of carbonyl (C=O) groups excluding carboxylic acids is 2. The fourth-order valence-corrected chi connectivity index (χ4v) is 3.62. The smallest absolute Gasteiger partial charge is 0.223 e. The standard InChI is InChI=1S/C21H22ClNO2/c1-15-5-2-3-6-18(15)19-7-4-14-23(19)21(25)13-12-20(24)16-8-10-17(22)11-9-16/h2-3,5-6,8-11,19H,4,7,12-14H2,1H3. The van der Waals surface area contributed by atoms with Gasteiger partial charge in [-0.05, 0) is 55.2 Å². The Morgan fingerprint density at radius 3 is 2.52 bits per heavy atom. The lowest BCUT2D eigenvalue weighted by molar-refractivity contribution is -0.132. The van der Waals surface area contributed by atoms with Crippen molar-refractivity contribution in [2.75, 3.05) is 6.54 Å². The molecule has 1 fully saturated rings. The third-order valence-corrected chi connectivity index (χ3v) is 5.10. The number of aryl methyl sites for hydroxylation is 1. The highest BCUT2D eigenvalue weighted by molar-refractivity contribution is 6.30. The molecule has 1 heterocycles. The monoisotopic (exact) mass is 355 g/mol. The number of carbonyl (C=O) groups is 2. The molecule has 1 unspecified atom stereocenters. The molecule has 1 saturated heterocycles. The number of benzene rings is 2. The highest BCUT2D eigenvalue weighted by Crippen LogP contribution is 2.34. The van der Waals surface area contributed by atoms with E-state index in [2.05, 4.69) is 19.1 Å². The Morgan fingerprint density at radius 2 is 1.80 bits per heavy atom. The Bertz CT molecular complexity index is 770. The minimum Gasteiger partial charge on any atom is -0.336 e. The number of ketones is 1. The van der Waals surface area contributed by atoms with Crippen LogP contribution >= 0.6 is 11.6 Å². The molecule has 2 aromatic rings. The average Bonchev–Trinajstić information content (AvgIpc) is 3.10. The summed E-state index contributed by atoms with van der Waals surface area (Å²) < 4.78 is 0. The molecule has 1 atom stereocenters. The van der Waals surface area contributed by atoms with Crippen LogP contribution in [0.2, 0.25) is 5.02 Å². The van der Waals surface area contributed by atoms with Crippen molar-refractivity contribution in [2.45, 2.75) is 38.6 Å². The van der Waals surface area contributed by atoms with Crippen LogP contribution in [0.4, 0.5) is 0 Å². The van der Waals surface area contributed by atoms with E-state index in [-0.39, 0.29) is 30.6 Å². The van der Waals surface area contributed by atoms with Crippen molar-refractivity contribution in [3.05, 3.63) is 70.2 Å². The molecule has 25 heavy (non-hydrogen) atoms. The van der Waals surface area contributed by atoms with E-state index in [1.807, 2.05) is 17.0 Å². The van der Waals surface area contributed by atoms with Gasteiger partial charge in [0.25, 0.3) is 0 Å². The first kappa shape index (κ1) is 17.7. The molecule has 0 N–H and O–H groups in total. The van der Waals surface area contributed by atoms with E-state index in [0.717, 1.165) is 19.4 Å². The molecule has 4 heteroatoms. The number of nitrogens with zero attached hydrogens (tertiary/aromatic N) is 1. The Balaban J connectivity index is 1.63. The summed E-state index contributed by atoms with van der Waals surface area (Å²) in [4.78, 5) is 26.9. The zero-order valence-corrected chi connectivity index (χ0v) is 15.1. The molecule has 1 aliphatic rings. The summed E-state index contributed by atoms with van der Waals surface area (Å²) in [6.45, 7) is 2.85. The summed E-state index contributed by atoms with van der Waals surface area (Å²) >= 11 is 5.84. The van der Waals surface area contributed by atoms with Gasteiger partial charge in [0, 0.05) is 30.0 Å². The molecule has 0 saturated carbocycles. The molecule has 2 aromatic carbocycles. The van der Waals surface area contributed by atoms with E-state index < -0.39 is 0 Å². The molecule has 0 spiro atoms. The van der Waals surface area contributed by atoms with Gasteiger partial charge in [0.1, 0.15) is 0 Å². The summed E-state index contributed by atoms with van der Waals surface area (Å²) in [6.07, 6.45) is 2.49. The van der Waals surface area contributed by atoms with Crippen LogP contribution in [0.3, 0.4) is 0 Å². The maximum atomic E-state index is 12.7. The number of Topliss-reactive ketones (excluding diaryl/α,β-unsaturated/α-hetero) is 1. The van der Waals surface area contributed by atoms with Crippen LogP contribution in [0, 0.1) is 6.92 Å². The normalized spacial score (nSPS) is 16.9. The Morgan fingerprint density at radius 1 is 1.08 bits per heavy atom. The summed E-state index contributed by atoms with van der Waals surface area (Å²) in [5.74, 6) is 0.0460. The third kappa shape index (κ3) is 4.10. The minimum atomic E-state index is -0.0170. The minimum absolute atomic E-state index is 0.0170. The summed E-state index contributed by atoms with van der Waals surface area (Å²) in [5, 5.41) is 0.603. The van der Waals surface area contributed by atoms with Gasteiger partial charge in [0.15, 0.2) is 5.78 Å². The first-order valence-corrected chi connectivity index (χ1v) is 9.08. The molecule has 3 rings (SSSR count). The van der Waals surface area contributed by atoms with Gasteiger partial charge >= 0.3 is 0 Å². The summed E-state index contributed by atoms with van der Waals surface area (Å²) in [6, 6.07) is 15.2. The van der Waals surface area contributed by atoms with Gasteiger partial charge in [-0.25, -0.2) is 0 Å². The number of halogens is 1. The lowest BCUT2D eigenvalue weighted by Gasteiger charge is -2.26. The highest BCUT2D eigenvalue weighted by Gasteiger charge is 2.30. The predicted molar refractivity (Wildman–Crippen MR) is 99.9 cm³/mol. The van der Waals surface area contributed by atoms with Gasteiger partial charge in [0.05, 0.1) is 6.04 Å². The van der Waals surface area contributed by atoms with Crippen molar-refractivity contribution in [1.29, 1.82) is 0 Å². The second-order valence-corrected chi connectivity index (χ2v) is 6.97. The van der Waals surface area contributed by atoms with Gasteiger partial charge in [0.2, 0.25) is 5.91 Å². The quantitative estimate of drug-likeness (QED) is 0.710. The van der Waals surface area contributed by atoms with E-state index >= 15 is 0 Å². The molecule has 1 aliphatic heterocycles. The summed E-state index contributed by atoms with van der Waals surface area (Å²) in [7, 11) is 0. The van der Waals surface area contributed by atoms with Crippen molar-refractivity contribution in [2.24, 2.45) is 0 Å². The Labute approximate surface area is 153 Å². The second-order valence-electron chi connectivity index (χ2n) is 6.53. The van der Waals surface area contributed by atoms with Gasteiger partial charge < -0.3 is 4.90 Å².